The first-order valence-electron chi connectivity index (χ1n) is 8.68. The van der Waals surface area contributed by atoms with Gasteiger partial charge in [0.15, 0.2) is 5.13 Å². The van der Waals surface area contributed by atoms with Gasteiger partial charge in [-0.1, -0.05) is 47.7 Å². The van der Waals surface area contributed by atoms with Crippen LogP contribution >= 0.6 is 11.3 Å². The predicted molar refractivity (Wildman–Crippen MR) is 113 cm³/mol. The number of hydrogen-bond acceptors (Lipinski definition) is 8. The molecule has 4 N–H and O–H groups in total. The van der Waals surface area contributed by atoms with E-state index < -0.39 is 22.3 Å². The predicted octanol–water partition coefficient (Wildman–Crippen LogP) is 2.50. The number of anilines is 1. The van der Waals surface area contributed by atoms with Crippen molar-refractivity contribution in [2.75, 3.05) is 11.6 Å². The molecule has 156 valence electrons. The normalized spacial score (nSPS) is 16.4. The maximum absolute atomic E-state index is 12.3. The molecule has 4 rings (SSSR count). The molecule has 12 heteroatoms. The van der Waals surface area contributed by atoms with E-state index in [2.05, 4.69) is 15.4 Å². The van der Waals surface area contributed by atoms with Crippen LogP contribution < -0.4 is 11.1 Å². The Morgan fingerprint density at radius 3 is 2.70 bits per heavy atom. The van der Waals surface area contributed by atoms with Gasteiger partial charge in [-0.15, -0.1) is 9.52 Å². The van der Waals surface area contributed by atoms with E-state index in [0.717, 1.165) is 33.1 Å². The van der Waals surface area contributed by atoms with Crippen molar-refractivity contribution in [2.24, 2.45) is 10.8 Å². The number of amidine groups is 1. The molecule has 3 aromatic rings. The van der Waals surface area contributed by atoms with Crippen LogP contribution in [0.4, 0.5) is 9.93 Å². The van der Waals surface area contributed by atoms with Crippen LogP contribution in [0.2, 0.25) is 0 Å². The first kappa shape index (κ1) is 19.9. The van der Waals surface area contributed by atoms with Crippen molar-refractivity contribution in [3.63, 3.8) is 0 Å². The summed E-state index contributed by atoms with van der Waals surface area (Å²) in [7, 11) is -3.80. The molecule has 2 heterocycles. The highest BCUT2D eigenvalue weighted by Gasteiger charge is 2.38. The number of hydrazone groups is 1. The molecule has 0 fully saturated rings. The average Bonchev–Trinajstić information content (AvgIpc) is 3.24. The lowest BCUT2D eigenvalue weighted by Gasteiger charge is -2.22. The summed E-state index contributed by atoms with van der Waals surface area (Å²) < 4.78 is 31.6. The van der Waals surface area contributed by atoms with Gasteiger partial charge in [-0.25, -0.2) is 18.2 Å². The van der Waals surface area contributed by atoms with Gasteiger partial charge in [0.25, 0.3) is 10.0 Å². The van der Waals surface area contributed by atoms with Crippen LogP contribution in [0.25, 0.3) is 10.2 Å². The van der Waals surface area contributed by atoms with Crippen molar-refractivity contribution in [3.05, 3.63) is 59.2 Å². The summed E-state index contributed by atoms with van der Waals surface area (Å²) in [5.41, 5.74) is 8.31. The molecule has 1 amide bonds. The molecule has 0 aliphatic carbocycles. The molecule has 10 nitrogen and oxygen atoms in total. The van der Waals surface area contributed by atoms with Crippen LogP contribution in [0.5, 0.6) is 0 Å². The molecule has 0 saturated heterocycles. The van der Waals surface area contributed by atoms with Crippen molar-refractivity contribution in [2.45, 2.75) is 12.6 Å². The van der Waals surface area contributed by atoms with Gasteiger partial charge in [-0.3, -0.25) is 5.32 Å². The second-order valence-electron chi connectivity index (χ2n) is 6.54. The molecule has 0 bridgehead atoms. The fourth-order valence-corrected chi connectivity index (χ4v) is 4.79. The third-order valence-electron chi connectivity index (χ3n) is 4.36. The van der Waals surface area contributed by atoms with Gasteiger partial charge in [0.05, 0.1) is 16.5 Å². The maximum atomic E-state index is 12.3. The smallest absolute Gasteiger partial charge is 0.410 e. The highest BCUT2D eigenvalue weighted by Crippen LogP contribution is 2.39. The molecule has 1 unspecified atom stereocenters. The molecular formula is C18H17N5O5S2. The number of rotatable bonds is 5. The Hall–Kier alpha value is -3.38. The molecule has 1 atom stereocenters. The van der Waals surface area contributed by atoms with Crippen LogP contribution in [0.3, 0.4) is 0 Å². The van der Waals surface area contributed by atoms with Crippen molar-refractivity contribution in [1.82, 2.24) is 9.40 Å². The van der Waals surface area contributed by atoms with Gasteiger partial charge in [-0.2, -0.15) is 0 Å². The van der Waals surface area contributed by atoms with Crippen molar-refractivity contribution < 1.29 is 23.1 Å². The number of carboxylic acid groups (broad SMARTS) is 1. The van der Waals surface area contributed by atoms with Gasteiger partial charge in [0.2, 0.25) is 6.23 Å². The first-order chi connectivity index (χ1) is 14.2. The van der Waals surface area contributed by atoms with Gasteiger partial charge in [-0.05, 0) is 23.6 Å². The highest BCUT2D eigenvalue weighted by molar-refractivity contribution is 7.88. The Morgan fingerprint density at radius 1 is 1.30 bits per heavy atom. The molecule has 0 saturated carbocycles. The molecular weight excluding hydrogens is 430 g/mol. The minimum Gasteiger partial charge on any atom is -0.465 e. The van der Waals surface area contributed by atoms with Crippen molar-refractivity contribution in [3.8, 4) is 0 Å². The van der Waals surface area contributed by atoms with E-state index in [9.17, 15) is 13.2 Å². The molecule has 30 heavy (non-hydrogen) atoms. The van der Waals surface area contributed by atoms with Crippen LogP contribution in [-0.4, -0.2) is 41.3 Å². The number of amides is 1. The van der Waals surface area contributed by atoms with Gasteiger partial charge in [0, 0.05) is 5.56 Å². The number of ether oxygens (including phenoxy) is 1. The summed E-state index contributed by atoms with van der Waals surface area (Å²) >= 11 is 1.13. The van der Waals surface area contributed by atoms with E-state index >= 15 is 0 Å². The molecule has 2 aromatic carbocycles. The molecule has 1 aliphatic rings. The second kappa shape index (κ2) is 7.46. The zero-order chi connectivity index (χ0) is 21.5. The van der Waals surface area contributed by atoms with E-state index in [1.54, 1.807) is 0 Å². The lowest BCUT2D eigenvalue weighted by molar-refractivity contribution is 0.119. The Balaban J connectivity index is 1.90. The van der Waals surface area contributed by atoms with E-state index in [1.807, 2.05) is 42.5 Å². The number of carbonyl (C=O) groups is 1. The van der Waals surface area contributed by atoms with Crippen LogP contribution in [-0.2, 0) is 21.2 Å². The number of benzene rings is 2. The van der Waals surface area contributed by atoms with E-state index in [-0.39, 0.29) is 11.2 Å². The fourth-order valence-electron chi connectivity index (χ4n) is 3.20. The Kier molecular flexibility index (Phi) is 4.95. The second-order valence-corrected chi connectivity index (χ2v) is 9.41. The molecule has 1 aliphatic heterocycles. The average molecular weight is 447 g/mol. The molecule has 1 aromatic heterocycles. The zero-order valence-electron chi connectivity index (χ0n) is 15.6. The molecule has 0 radical (unpaired) electrons. The fraction of sp³-hybridized carbons (Fsp3) is 0.167. The van der Waals surface area contributed by atoms with E-state index in [4.69, 9.17) is 15.6 Å². The monoisotopic (exact) mass is 447 g/mol. The van der Waals surface area contributed by atoms with Crippen molar-refractivity contribution in [1.29, 1.82) is 0 Å². The zero-order valence-corrected chi connectivity index (χ0v) is 17.3. The lowest BCUT2D eigenvalue weighted by atomic mass is 9.98. The number of aromatic nitrogens is 1. The number of fused-ring (bicyclic) bond motifs is 1. The van der Waals surface area contributed by atoms with Gasteiger partial charge >= 0.3 is 12.1 Å². The van der Waals surface area contributed by atoms with Crippen molar-refractivity contribution >= 4 is 48.8 Å². The number of sulfonamides is 1. The van der Waals surface area contributed by atoms with E-state index in [0.29, 0.717) is 22.2 Å². The minimum atomic E-state index is -3.80. The number of nitrogens with one attached hydrogen (secondary N) is 1. The third-order valence-corrected chi connectivity index (χ3v) is 6.25. The third kappa shape index (κ3) is 3.86. The van der Waals surface area contributed by atoms with Gasteiger partial charge < -0.3 is 15.6 Å². The standard InChI is InChI=1S/C18H17N5O5S2/c1-30(26,27)23-15(28-16(19)22-23)13-11(9-10-5-3-2-4-6-10)7-8-12-14(13)20-17(29-12)21-18(24)25/h2-8,15H,9H2,1H3,(H2,19,22)(H,20,21)(H,24,25). The number of hydrogen-bond donors (Lipinski definition) is 3. The van der Waals surface area contributed by atoms with Crippen LogP contribution in [0.1, 0.15) is 22.9 Å². The minimum absolute atomic E-state index is 0.161. The summed E-state index contributed by atoms with van der Waals surface area (Å²) in [6, 6.07) is 13.0. The number of nitrogens with zero attached hydrogens (tertiary/aromatic N) is 3. The van der Waals surface area contributed by atoms with Crippen LogP contribution in [0, 0.1) is 0 Å². The summed E-state index contributed by atoms with van der Waals surface area (Å²) in [6.45, 7) is 0. The maximum Gasteiger partial charge on any atom is 0.410 e. The number of thiazole rings is 1. The summed E-state index contributed by atoms with van der Waals surface area (Å²) in [4.78, 5) is 15.4. The Bertz CT molecular complexity index is 1260. The topological polar surface area (TPSA) is 147 Å². The lowest BCUT2D eigenvalue weighted by Crippen LogP contribution is -2.28. The Morgan fingerprint density at radius 2 is 2.03 bits per heavy atom. The summed E-state index contributed by atoms with van der Waals surface area (Å²) in [6.07, 6.45) is -0.923. The van der Waals surface area contributed by atoms with Gasteiger partial charge in [0.1, 0.15) is 0 Å². The summed E-state index contributed by atoms with van der Waals surface area (Å²) in [5.74, 6) is 0. The summed E-state index contributed by atoms with van der Waals surface area (Å²) in [5, 5.41) is 15.2. The van der Waals surface area contributed by atoms with E-state index in [1.165, 1.54) is 0 Å². The van der Waals surface area contributed by atoms with Crippen LogP contribution in [0.15, 0.2) is 47.6 Å². The SMILES string of the molecule is CS(=O)(=O)N1N=C(N)OC1c1c(Cc2ccccc2)ccc2sc(NC(=O)O)nc12. The first-order valence-corrected chi connectivity index (χ1v) is 11.3. The largest absolute Gasteiger partial charge is 0.465 e. The Labute approximate surface area is 175 Å². The quantitative estimate of drug-likeness (QED) is 0.544. The number of nitrogens with two attached hydrogens (primary N) is 1. The highest BCUT2D eigenvalue weighted by atomic mass is 32.2. The molecule has 0 spiro atoms.